The minimum Gasteiger partial charge on any atom is -0.508 e. The molecule has 0 aliphatic carbocycles. The monoisotopic (exact) mass is 313 g/mol. The average molecular weight is 314 g/mol. The van der Waals surface area contributed by atoms with Crippen molar-refractivity contribution in [1.29, 1.82) is 0 Å². The van der Waals surface area contributed by atoms with Crippen LogP contribution in [0.2, 0.25) is 0 Å². The van der Waals surface area contributed by atoms with E-state index in [-0.39, 0.29) is 12.3 Å². The van der Waals surface area contributed by atoms with Gasteiger partial charge in [0.2, 0.25) is 0 Å². The molecule has 5 heteroatoms. The Balaban J connectivity index is 2.11. The van der Waals surface area contributed by atoms with Crippen molar-refractivity contribution in [2.75, 3.05) is 5.32 Å². The fourth-order valence-corrected chi connectivity index (χ4v) is 1.90. The van der Waals surface area contributed by atoms with Gasteiger partial charge in [0.1, 0.15) is 17.4 Å². The summed E-state index contributed by atoms with van der Waals surface area (Å²) in [5.41, 5.74) is 0.858. The summed E-state index contributed by atoms with van der Waals surface area (Å²) in [6, 6.07) is 8.35. The van der Waals surface area contributed by atoms with E-state index in [9.17, 15) is 13.9 Å². The number of benzene rings is 2. The zero-order valence-corrected chi connectivity index (χ0v) is 10.8. The SMILES string of the molecule is Oc1cc(F)cc(CNc2ccc(Br)cc2F)c1. The van der Waals surface area contributed by atoms with Crippen LogP contribution < -0.4 is 5.32 Å². The van der Waals surface area contributed by atoms with Gasteiger partial charge in [-0.25, -0.2) is 8.78 Å². The molecule has 0 heterocycles. The molecule has 2 aromatic carbocycles. The third-order valence-corrected chi connectivity index (χ3v) is 2.85. The van der Waals surface area contributed by atoms with Gasteiger partial charge in [-0.1, -0.05) is 15.9 Å². The summed E-state index contributed by atoms with van der Waals surface area (Å²) in [6.45, 7) is 0.226. The maximum Gasteiger partial charge on any atom is 0.147 e. The first kappa shape index (κ1) is 12.8. The van der Waals surface area contributed by atoms with Crippen LogP contribution in [0.4, 0.5) is 14.5 Å². The first-order valence-corrected chi connectivity index (χ1v) is 6.01. The van der Waals surface area contributed by atoms with Gasteiger partial charge in [-0.15, -0.1) is 0 Å². The van der Waals surface area contributed by atoms with E-state index in [1.807, 2.05) is 0 Å². The van der Waals surface area contributed by atoms with Crippen LogP contribution in [-0.4, -0.2) is 5.11 Å². The van der Waals surface area contributed by atoms with Gasteiger partial charge in [0.25, 0.3) is 0 Å². The summed E-state index contributed by atoms with van der Waals surface area (Å²) in [6.07, 6.45) is 0. The lowest BCUT2D eigenvalue weighted by molar-refractivity contribution is 0.468. The number of halogens is 3. The van der Waals surface area contributed by atoms with Crippen molar-refractivity contribution < 1.29 is 13.9 Å². The number of nitrogens with one attached hydrogen (secondary N) is 1. The molecule has 0 aromatic heterocycles. The number of aromatic hydroxyl groups is 1. The Labute approximate surface area is 111 Å². The second-order valence-electron chi connectivity index (χ2n) is 3.80. The van der Waals surface area contributed by atoms with E-state index in [1.165, 1.54) is 18.2 Å². The largest absolute Gasteiger partial charge is 0.508 e. The van der Waals surface area contributed by atoms with Crippen molar-refractivity contribution in [3.8, 4) is 5.75 Å². The summed E-state index contributed by atoms with van der Waals surface area (Å²) < 4.78 is 27.2. The Morgan fingerprint density at radius 1 is 1.11 bits per heavy atom. The van der Waals surface area contributed by atoms with Crippen LogP contribution in [0.5, 0.6) is 5.75 Å². The maximum absolute atomic E-state index is 13.5. The summed E-state index contributed by atoms with van der Waals surface area (Å²) in [4.78, 5) is 0. The molecule has 18 heavy (non-hydrogen) atoms. The molecular weight excluding hydrogens is 304 g/mol. The van der Waals surface area contributed by atoms with Crippen molar-refractivity contribution in [2.24, 2.45) is 0 Å². The van der Waals surface area contributed by atoms with Crippen LogP contribution in [0.25, 0.3) is 0 Å². The highest BCUT2D eigenvalue weighted by Gasteiger charge is 2.04. The van der Waals surface area contributed by atoms with Gasteiger partial charge in [0.15, 0.2) is 0 Å². The number of hydrogen-bond acceptors (Lipinski definition) is 2. The van der Waals surface area contributed by atoms with Crippen molar-refractivity contribution in [3.63, 3.8) is 0 Å². The predicted molar refractivity (Wildman–Crippen MR) is 69.5 cm³/mol. The Kier molecular flexibility index (Phi) is 3.81. The molecule has 0 amide bonds. The molecule has 2 rings (SSSR count). The van der Waals surface area contributed by atoms with Gasteiger partial charge < -0.3 is 10.4 Å². The predicted octanol–water partition coefficient (Wildman–Crippen LogP) is 4.05. The van der Waals surface area contributed by atoms with Gasteiger partial charge >= 0.3 is 0 Å². The number of phenolic OH excluding ortho intramolecular Hbond substituents is 1. The van der Waals surface area contributed by atoms with Crippen molar-refractivity contribution in [1.82, 2.24) is 0 Å². The van der Waals surface area contributed by atoms with Gasteiger partial charge in [-0.2, -0.15) is 0 Å². The van der Waals surface area contributed by atoms with Crippen molar-refractivity contribution >= 4 is 21.6 Å². The van der Waals surface area contributed by atoms with Crippen LogP contribution in [0.3, 0.4) is 0 Å². The maximum atomic E-state index is 13.5. The van der Waals surface area contributed by atoms with Crippen molar-refractivity contribution in [2.45, 2.75) is 6.54 Å². The van der Waals surface area contributed by atoms with Crippen LogP contribution in [0.15, 0.2) is 40.9 Å². The molecule has 0 saturated heterocycles. The zero-order valence-electron chi connectivity index (χ0n) is 9.25. The van der Waals surface area contributed by atoms with Crippen LogP contribution in [0, 0.1) is 11.6 Å². The number of rotatable bonds is 3. The minimum atomic E-state index is -0.525. The van der Waals surface area contributed by atoms with Crippen LogP contribution in [-0.2, 0) is 6.54 Å². The average Bonchev–Trinajstić information content (AvgIpc) is 2.26. The second-order valence-corrected chi connectivity index (χ2v) is 4.71. The normalized spacial score (nSPS) is 10.4. The zero-order chi connectivity index (χ0) is 13.1. The molecule has 2 N–H and O–H groups in total. The smallest absolute Gasteiger partial charge is 0.147 e. The number of hydrogen-bond donors (Lipinski definition) is 2. The standard InChI is InChI=1S/C13H10BrF2NO/c14-9-1-2-13(12(16)5-9)17-7-8-3-10(15)6-11(18)4-8/h1-6,17-18H,7H2. The number of anilines is 1. The second kappa shape index (κ2) is 5.35. The molecule has 0 aliphatic heterocycles. The molecular formula is C13H10BrF2NO. The van der Waals surface area contributed by atoms with Gasteiger partial charge in [0, 0.05) is 17.1 Å². The summed E-state index contributed by atoms with van der Waals surface area (Å²) >= 11 is 3.16. The summed E-state index contributed by atoms with van der Waals surface area (Å²) in [5, 5.41) is 12.1. The van der Waals surface area contributed by atoms with E-state index in [0.717, 1.165) is 6.07 Å². The van der Waals surface area contributed by atoms with E-state index in [4.69, 9.17) is 0 Å². The molecule has 0 radical (unpaired) electrons. The molecule has 0 saturated carbocycles. The minimum absolute atomic E-state index is 0.150. The molecule has 94 valence electrons. The number of phenols is 1. The summed E-state index contributed by atoms with van der Waals surface area (Å²) in [5.74, 6) is -1.07. The Hall–Kier alpha value is -1.62. The Morgan fingerprint density at radius 3 is 2.56 bits per heavy atom. The molecule has 2 nitrogen and oxygen atoms in total. The van der Waals surface area contributed by atoms with E-state index < -0.39 is 11.6 Å². The summed E-state index contributed by atoms with van der Waals surface area (Å²) in [7, 11) is 0. The van der Waals surface area contributed by atoms with E-state index in [1.54, 1.807) is 12.1 Å². The third kappa shape index (κ3) is 3.20. The van der Waals surface area contributed by atoms with Gasteiger partial charge in [-0.05, 0) is 35.9 Å². The first-order valence-electron chi connectivity index (χ1n) is 5.22. The Bertz CT molecular complexity index is 555. The highest BCUT2D eigenvalue weighted by molar-refractivity contribution is 9.10. The Morgan fingerprint density at radius 2 is 1.89 bits per heavy atom. The molecule has 0 atom stereocenters. The van der Waals surface area contributed by atoms with Crippen molar-refractivity contribution in [3.05, 3.63) is 58.1 Å². The topological polar surface area (TPSA) is 32.3 Å². The third-order valence-electron chi connectivity index (χ3n) is 2.36. The fraction of sp³-hybridized carbons (Fsp3) is 0.0769. The molecule has 0 spiro atoms. The lowest BCUT2D eigenvalue weighted by Crippen LogP contribution is -2.01. The van der Waals surface area contributed by atoms with Gasteiger partial charge in [-0.3, -0.25) is 0 Å². The van der Waals surface area contributed by atoms with Gasteiger partial charge in [0.05, 0.1) is 5.69 Å². The highest BCUT2D eigenvalue weighted by Crippen LogP contribution is 2.21. The molecule has 0 aliphatic rings. The van der Waals surface area contributed by atoms with Crippen LogP contribution >= 0.6 is 15.9 Å². The first-order chi connectivity index (χ1) is 8.54. The van der Waals surface area contributed by atoms with Crippen LogP contribution in [0.1, 0.15) is 5.56 Å². The molecule has 0 fully saturated rings. The molecule has 2 aromatic rings. The lowest BCUT2D eigenvalue weighted by Gasteiger charge is -2.08. The quantitative estimate of drug-likeness (QED) is 0.896. The fourth-order valence-electron chi connectivity index (χ4n) is 1.57. The lowest BCUT2D eigenvalue weighted by atomic mass is 10.2. The van der Waals surface area contributed by atoms with E-state index >= 15 is 0 Å². The molecule has 0 unspecified atom stereocenters. The van der Waals surface area contributed by atoms with E-state index in [2.05, 4.69) is 21.2 Å². The van der Waals surface area contributed by atoms with E-state index in [0.29, 0.717) is 15.7 Å². The molecule has 0 bridgehead atoms. The highest BCUT2D eigenvalue weighted by atomic mass is 79.9.